The highest BCUT2D eigenvalue weighted by molar-refractivity contribution is 5.94. The maximum atomic E-state index is 12.0. The number of hydrogen-bond acceptors (Lipinski definition) is 3. The lowest BCUT2D eigenvalue weighted by molar-refractivity contribution is -0.124. The number of aryl methyl sites for hydroxylation is 1. The maximum Gasteiger partial charge on any atom is 0.253 e. The Morgan fingerprint density at radius 2 is 2.10 bits per heavy atom. The second-order valence-corrected chi connectivity index (χ2v) is 5.69. The van der Waals surface area contributed by atoms with Gasteiger partial charge in [0.2, 0.25) is 0 Å². The summed E-state index contributed by atoms with van der Waals surface area (Å²) in [6.45, 7) is 5.09. The number of ether oxygens (including phenoxy) is 1. The zero-order valence-electron chi connectivity index (χ0n) is 12.0. The van der Waals surface area contributed by atoms with Crippen molar-refractivity contribution < 1.29 is 9.53 Å². The van der Waals surface area contributed by atoms with Crippen LogP contribution in [0.5, 0.6) is 0 Å². The van der Waals surface area contributed by atoms with Gasteiger partial charge in [0.1, 0.15) is 6.10 Å². The lowest BCUT2D eigenvalue weighted by atomic mass is 10.1. The summed E-state index contributed by atoms with van der Waals surface area (Å²) >= 11 is 0. The molecular formula is C16H22N2O2. The van der Waals surface area contributed by atoms with Crippen molar-refractivity contribution in [3.63, 3.8) is 0 Å². The summed E-state index contributed by atoms with van der Waals surface area (Å²) in [5.41, 5.74) is 3.38. The minimum Gasteiger partial charge on any atom is -0.371 e. The molecule has 0 radical (unpaired) electrons. The normalized spacial score (nSPS) is 22.2. The SMILES string of the molecule is Cc1cc(NC(=O)C2CCCO2)ccc1N1CCCC1. The average Bonchev–Trinajstić information content (AvgIpc) is 3.12. The average molecular weight is 274 g/mol. The molecule has 20 heavy (non-hydrogen) atoms. The van der Waals surface area contributed by atoms with Gasteiger partial charge in [-0.2, -0.15) is 0 Å². The Morgan fingerprint density at radius 1 is 1.30 bits per heavy atom. The van der Waals surface area contributed by atoms with E-state index in [2.05, 4.69) is 29.3 Å². The molecule has 0 spiro atoms. The van der Waals surface area contributed by atoms with Gasteiger partial charge in [0.25, 0.3) is 5.91 Å². The molecule has 3 rings (SSSR count). The molecule has 0 aliphatic carbocycles. The molecule has 2 saturated heterocycles. The highest BCUT2D eigenvalue weighted by Gasteiger charge is 2.23. The number of nitrogens with zero attached hydrogens (tertiary/aromatic N) is 1. The van der Waals surface area contributed by atoms with E-state index in [0.717, 1.165) is 31.6 Å². The summed E-state index contributed by atoms with van der Waals surface area (Å²) in [6.07, 6.45) is 4.09. The largest absolute Gasteiger partial charge is 0.371 e. The van der Waals surface area contributed by atoms with Crippen LogP contribution >= 0.6 is 0 Å². The van der Waals surface area contributed by atoms with E-state index in [0.29, 0.717) is 6.61 Å². The number of nitrogens with one attached hydrogen (secondary N) is 1. The van der Waals surface area contributed by atoms with Crippen molar-refractivity contribution >= 4 is 17.3 Å². The van der Waals surface area contributed by atoms with E-state index in [1.165, 1.54) is 24.1 Å². The third-order valence-corrected chi connectivity index (χ3v) is 4.13. The van der Waals surface area contributed by atoms with Crippen LogP contribution in [-0.2, 0) is 9.53 Å². The lowest BCUT2D eigenvalue weighted by Gasteiger charge is -2.21. The Labute approximate surface area is 120 Å². The van der Waals surface area contributed by atoms with Gasteiger partial charge in [-0.3, -0.25) is 4.79 Å². The highest BCUT2D eigenvalue weighted by Crippen LogP contribution is 2.27. The monoisotopic (exact) mass is 274 g/mol. The highest BCUT2D eigenvalue weighted by atomic mass is 16.5. The lowest BCUT2D eigenvalue weighted by Crippen LogP contribution is -2.27. The molecule has 4 heteroatoms. The standard InChI is InChI=1S/C16H22N2O2/c1-12-11-13(17-16(19)15-5-4-10-20-15)6-7-14(12)18-8-2-3-9-18/h6-7,11,15H,2-5,8-10H2,1H3,(H,17,19). The first-order valence-electron chi connectivity index (χ1n) is 7.52. The van der Waals surface area contributed by atoms with Crippen LogP contribution in [0.25, 0.3) is 0 Å². The molecule has 2 aliphatic heterocycles. The number of carbonyl (C=O) groups is 1. The van der Waals surface area contributed by atoms with E-state index >= 15 is 0 Å². The minimum absolute atomic E-state index is 0.0178. The number of anilines is 2. The first-order chi connectivity index (χ1) is 9.74. The first-order valence-corrected chi connectivity index (χ1v) is 7.52. The van der Waals surface area contributed by atoms with E-state index in [9.17, 15) is 4.79 Å². The molecule has 0 aromatic heterocycles. The summed E-state index contributed by atoms with van der Waals surface area (Å²) in [5.74, 6) is -0.0178. The molecule has 1 aromatic rings. The minimum atomic E-state index is -0.270. The topological polar surface area (TPSA) is 41.6 Å². The van der Waals surface area contributed by atoms with Crippen LogP contribution in [0.2, 0.25) is 0 Å². The Bertz CT molecular complexity index is 489. The van der Waals surface area contributed by atoms with Crippen LogP contribution in [0.15, 0.2) is 18.2 Å². The number of hydrogen-bond donors (Lipinski definition) is 1. The molecular weight excluding hydrogens is 252 g/mol. The fourth-order valence-corrected chi connectivity index (χ4v) is 3.05. The number of benzene rings is 1. The van der Waals surface area contributed by atoms with Gasteiger partial charge in [-0.05, 0) is 56.4 Å². The molecule has 1 unspecified atom stereocenters. The maximum absolute atomic E-state index is 12.0. The van der Waals surface area contributed by atoms with Crippen LogP contribution < -0.4 is 10.2 Å². The second-order valence-electron chi connectivity index (χ2n) is 5.69. The van der Waals surface area contributed by atoms with Crippen molar-refractivity contribution in [2.45, 2.75) is 38.7 Å². The smallest absolute Gasteiger partial charge is 0.253 e. The van der Waals surface area contributed by atoms with Crippen LogP contribution in [-0.4, -0.2) is 31.7 Å². The molecule has 2 aliphatic rings. The summed E-state index contributed by atoms with van der Waals surface area (Å²) in [4.78, 5) is 14.4. The zero-order valence-corrected chi connectivity index (χ0v) is 12.0. The predicted octanol–water partition coefficient (Wildman–Crippen LogP) is 2.71. The molecule has 0 bridgehead atoms. The van der Waals surface area contributed by atoms with Gasteiger partial charge in [0.15, 0.2) is 0 Å². The van der Waals surface area contributed by atoms with Crippen molar-refractivity contribution in [3.05, 3.63) is 23.8 Å². The van der Waals surface area contributed by atoms with E-state index in [1.54, 1.807) is 0 Å². The van der Waals surface area contributed by atoms with E-state index < -0.39 is 0 Å². The van der Waals surface area contributed by atoms with Crippen molar-refractivity contribution in [2.75, 3.05) is 29.9 Å². The zero-order chi connectivity index (χ0) is 13.9. The van der Waals surface area contributed by atoms with Crippen molar-refractivity contribution in [2.24, 2.45) is 0 Å². The van der Waals surface area contributed by atoms with Crippen LogP contribution in [0, 0.1) is 6.92 Å². The molecule has 1 amide bonds. The van der Waals surface area contributed by atoms with E-state index in [1.807, 2.05) is 6.07 Å². The van der Waals surface area contributed by atoms with Gasteiger partial charge in [-0.25, -0.2) is 0 Å². The molecule has 1 aromatic carbocycles. The second kappa shape index (κ2) is 5.83. The quantitative estimate of drug-likeness (QED) is 0.921. The van der Waals surface area contributed by atoms with E-state index in [-0.39, 0.29) is 12.0 Å². The molecule has 108 valence electrons. The molecule has 1 atom stereocenters. The van der Waals surface area contributed by atoms with Gasteiger partial charge in [0.05, 0.1) is 0 Å². The summed E-state index contributed by atoms with van der Waals surface area (Å²) in [7, 11) is 0. The van der Waals surface area contributed by atoms with Crippen molar-refractivity contribution in [1.29, 1.82) is 0 Å². The van der Waals surface area contributed by atoms with Gasteiger partial charge >= 0.3 is 0 Å². The fourth-order valence-electron chi connectivity index (χ4n) is 3.05. The third-order valence-electron chi connectivity index (χ3n) is 4.13. The van der Waals surface area contributed by atoms with Gasteiger partial charge in [-0.1, -0.05) is 0 Å². The summed E-state index contributed by atoms with van der Waals surface area (Å²) in [6, 6.07) is 6.17. The molecule has 4 nitrogen and oxygen atoms in total. The predicted molar refractivity (Wildman–Crippen MR) is 80.2 cm³/mol. The Kier molecular flexibility index (Phi) is 3.92. The number of amides is 1. The summed E-state index contributed by atoms with van der Waals surface area (Å²) in [5, 5.41) is 2.96. The fraction of sp³-hybridized carbons (Fsp3) is 0.562. The van der Waals surface area contributed by atoms with E-state index in [4.69, 9.17) is 4.74 Å². The van der Waals surface area contributed by atoms with Crippen LogP contribution in [0.4, 0.5) is 11.4 Å². The van der Waals surface area contributed by atoms with Gasteiger partial charge in [0, 0.05) is 31.1 Å². The Morgan fingerprint density at radius 3 is 2.75 bits per heavy atom. The first kappa shape index (κ1) is 13.4. The number of rotatable bonds is 3. The third kappa shape index (κ3) is 2.80. The molecule has 0 saturated carbocycles. The Hall–Kier alpha value is -1.55. The molecule has 2 fully saturated rings. The van der Waals surface area contributed by atoms with Crippen LogP contribution in [0.1, 0.15) is 31.2 Å². The van der Waals surface area contributed by atoms with Crippen LogP contribution in [0.3, 0.4) is 0 Å². The molecule has 1 N–H and O–H groups in total. The van der Waals surface area contributed by atoms with Gasteiger partial charge in [-0.15, -0.1) is 0 Å². The summed E-state index contributed by atoms with van der Waals surface area (Å²) < 4.78 is 5.40. The molecule has 2 heterocycles. The van der Waals surface area contributed by atoms with Crippen molar-refractivity contribution in [3.8, 4) is 0 Å². The van der Waals surface area contributed by atoms with Crippen molar-refractivity contribution in [1.82, 2.24) is 0 Å². The Balaban J connectivity index is 1.68. The van der Waals surface area contributed by atoms with Gasteiger partial charge < -0.3 is 15.0 Å². The number of carbonyl (C=O) groups excluding carboxylic acids is 1.